The molecular formula is C24H21N3O11S. The van der Waals surface area contributed by atoms with Gasteiger partial charge in [-0.25, -0.2) is 9.59 Å². The molecule has 4 rings (SSSR count). The minimum Gasteiger partial charge on any atom is -0.456 e. The molecule has 0 saturated carbocycles. The van der Waals surface area contributed by atoms with Crippen molar-refractivity contribution in [2.24, 2.45) is 5.92 Å². The summed E-state index contributed by atoms with van der Waals surface area (Å²) >= 11 is 1.14. The van der Waals surface area contributed by atoms with Crippen LogP contribution in [0, 0.1) is 26.1 Å². The monoisotopic (exact) mass is 559 g/mol. The predicted molar refractivity (Wildman–Crippen MR) is 133 cm³/mol. The molecule has 0 spiro atoms. The number of thioether (sulfide) groups is 1. The van der Waals surface area contributed by atoms with Gasteiger partial charge in [-0.1, -0.05) is 11.8 Å². The zero-order valence-corrected chi connectivity index (χ0v) is 20.9. The first-order chi connectivity index (χ1) is 18.7. The highest BCUT2D eigenvalue weighted by atomic mass is 32.2. The molecule has 2 aliphatic heterocycles. The Morgan fingerprint density at radius 1 is 0.897 bits per heavy atom. The second-order valence-corrected chi connectivity index (χ2v) is 9.56. The maximum atomic E-state index is 12.8. The van der Waals surface area contributed by atoms with E-state index in [9.17, 15) is 39.7 Å². The Balaban J connectivity index is 1.23. The highest BCUT2D eigenvalue weighted by Gasteiger charge is 2.55. The number of rotatable bonds is 11. The van der Waals surface area contributed by atoms with E-state index in [0.717, 1.165) is 11.8 Å². The number of carbonyl (C=O) groups excluding carboxylic acids is 3. The summed E-state index contributed by atoms with van der Waals surface area (Å²) in [6.45, 7) is -0.948. The summed E-state index contributed by atoms with van der Waals surface area (Å²) < 4.78 is 15.3. The molecule has 1 N–H and O–H groups in total. The molecular weight excluding hydrogens is 538 g/mol. The number of nitrogens with zero attached hydrogens (tertiary/aromatic N) is 3. The van der Waals surface area contributed by atoms with Crippen LogP contribution in [0.25, 0.3) is 0 Å². The first-order valence-electron chi connectivity index (χ1n) is 11.5. The molecule has 204 valence electrons. The minimum absolute atomic E-state index is 0.0564. The number of hydrogen-bond donors (Lipinski definition) is 1. The number of carbonyl (C=O) groups is 3. The van der Waals surface area contributed by atoms with Gasteiger partial charge in [-0.05, 0) is 41.8 Å². The molecule has 0 bridgehead atoms. The normalized spacial score (nSPS) is 17.8. The lowest BCUT2D eigenvalue weighted by atomic mass is 9.94. The zero-order valence-electron chi connectivity index (χ0n) is 20.1. The first kappa shape index (κ1) is 27.5. The maximum absolute atomic E-state index is 12.8. The van der Waals surface area contributed by atoms with E-state index in [4.69, 9.17) is 14.2 Å². The van der Waals surface area contributed by atoms with Crippen LogP contribution < -0.4 is 0 Å². The van der Waals surface area contributed by atoms with Gasteiger partial charge >= 0.3 is 12.1 Å². The van der Waals surface area contributed by atoms with Gasteiger partial charge in [0.15, 0.2) is 0 Å². The van der Waals surface area contributed by atoms with E-state index < -0.39 is 39.9 Å². The average Bonchev–Trinajstić information content (AvgIpc) is 3.28. The molecule has 1 fully saturated rings. The van der Waals surface area contributed by atoms with Crippen LogP contribution in [0.3, 0.4) is 0 Å². The Morgan fingerprint density at radius 2 is 1.44 bits per heavy atom. The Hall–Kier alpha value is -4.50. The number of β-lactam (4-membered cyclic amide) rings is 1. The van der Waals surface area contributed by atoms with Gasteiger partial charge < -0.3 is 19.3 Å². The number of non-ortho nitro benzene ring substituents is 2. The number of ether oxygens (including phenoxy) is 3. The molecule has 15 heteroatoms. The third-order valence-corrected chi connectivity index (χ3v) is 7.32. The lowest BCUT2D eigenvalue weighted by Crippen LogP contribution is -2.57. The standard InChI is InChI=1S/C24H21N3O11S/c28-11-19-20(23(30)37-12-14-1-5-16(6-2-14)26(32)33)25-21(29)18(22(25)39-19)9-10-36-24(31)38-13-15-3-7-17(8-4-15)27(34)35/h1-8,18,22,28H,9-13H2/t18-,22+/m0/s1. The van der Waals surface area contributed by atoms with E-state index in [1.807, 2.05) is 0 Å². The van der Waals surface area contributed by atoms with E-state index in [-0.39, 0.29) is 54.1 Å². The molecule has 1 saturated heterocycles. The van der Waals surface area contributed by atoms with Crippen LogP contribution in [0.15, 0.2) is 59.1 Å². The Bertz CT molecular complexity index is 1330. The van der Waals surface area contributed by atoms with Crippen LogP contribution in [0.5, 0.6) is 0 Å². The predicted octanol–water partition coefficient (Wildman–Crippen LogP) is 3.02. The SMILES string of the molecule is O=C(OCC[C@H]1C(=O)N2C(C(=O)OCc3ccc([N+](=O)[O-])cc3)=C(CO)S[C@H]12)OCc1ccc([N+](=O)[O-])cc1. The highest BCUT2D eigenvalue weighted by molar-refractivity contribution is 8.04. The van der Waals surface area contributed by atoms with Crippen molar-refractivity contribution in [3.8, 4) is 0 Å². The van der Waals surface area contributed by atoms with Gasteiger partial charge in [0.25, 0.3) is 11.4 Å². The smallest absolute Gasteiger partial charge is 0.456 e. The number of aliphatic hydroxyl groups excluding tert-OH is 1. The summed E-state index contributed by atoms with van der Waals surface area (Å²) in [5.74, 6) is -1.77. The van der Waals surface area contributed by atoms with E-state index in [2.05, 4.69) is 0 Å². The summed E-state index contributed by atoms with van der Waals surface area (Å²) in [6, 6.07) is 10.9. The lowest BCUT2D eigenvalue weighted by molar-refractivity contribution is -0.385. The fourth-order valence-electron chi connectivity index (χ4n) is 3.92. The van der Waals surface area contributed by atoms with Crippen LogP contribution >= 0.6 is 11.8 Å². The first-order valence-corrected chi connectivity index (χ1v) is 12.3. The van der Waals surface area contributed by atoms with E-state index in [1.165, 1.54) is 53.4 Å². The van der Waals surface area contributed by atoms with Gasteiger partial charge in [-0.3, -0.25) is 29.9 Å². The molecule has 2 heterocycles. The Kier molecular flexibility index (Phi) is 8.41. The van der Waals surface area contributed by atoms with Crippen LogP contribution in [0.4, 0.5) is 16.2 Å². The van der Waals surface area contributed by atoms with Crippen molar-refractivity contribution in [1.29, 1.82) is 0 Å². The van der Waals surface area contributed by atoms with Crippen molar-refractivity contribution >= 4 is 41.2 Å². The van der Waals surface area contributed by atoms with Crippen molar-refractivity contribution in [2.75, 3.05) is 13.2 Å². The number of benzene rings is 2. The van der Waals surface area contributed by atoms with Crippen molar-refractivity contribution < 1.29 is 43.5 Å². The molecule has 39 heavy (non-hydrogen) atoms. The summed E-state index contributed by atoms with van der Waals surface area (Å²) in [5, 5.41) is 30.7. The van der Waals surface area contributed by atoms with Crippen LogP contribution in [-0.2, 0) is 37.0 Å². The average molecular weight is 560 g/mol. The molecule has 2 aliphatic rings. The third kappa shape index (κ3) is 6.15. The highest BCUT2D eigenvalue weighted by Crippen LogP contribution is 2.50. The number of aliphatic hydroxyl groups is 1. The van der Waals surface area contributed by atoms with Crippen molar-refractivity contribution in [3.05, 3.63) is 90.5 Å². The van der Waals surface area contributed by atoms with Gasteiger partial charge in [0.1, 0.15) is 18.9 Å². The van der Waals surface area contributed by atoms with Gasteiger partial charge in [0, 0.05) is 29.2 Å². The summed E-state index contributed by atoms with van der Waals surface area (Å²) in [7, 11) is 0. The molecule has 14 nitrogen and oxygen atoms in total. The number of esters is 1. The van der Waals surface area contributed by atoms with Gasteiger partial charge in [0.2, 0.25) is 5.91 Å². The van der Waals surface area contributed by atoms with E-state index in [1.54, 1.807) is 0 Å². The van der Waals surface area contributed by atoms with Crippen molar-refractivity contribution in [3.63, 3.8) is 0 Å². The number of amides is 1. The van der Waals surface area contributed by atoms with Crippen LogP contribution in [0.1, 0.15) is 17.5 Å². The number of nitro benzene ring substituents is 2. The molecule has 0 radical (unpaired) electrons. The molecule has 0 unspecified atom stereocenters. The Morgan fingerprint density at radius 3 is 1.95 bits per heavy atom. The lowest BCUT2D eigenvalue weighted by Gasteiger charge is -2.42. The number of fused-ring (bicyclic) bond motifs is 1. The number of nitro groups is 2. The fourth-order valence-corrected chi connectivity index (χ4v) is 5.31. The minimum atomic E-state index is -0.972. The molecule has 2 atom stereocenters. The number of hydrogen-bond acceptors (Lipinski definition) is 12. The van der Waals surface area contributed by atoms with Gasteiger partial charge in [-0.2, -0.15) is 0 Å². The quantitative estimate of drug-likeness (QED) is 0.184. The second-order valence-electron chi connectivity index (χ2n) is 8.35. The van der Waals surface area contributed by atoms with E-state index >= 15 is 0 Å². The summed E-state index contributed by atoms with van der Waals surface area (Å²) in [4.78, 5) is 59.2. The largest absolute Gasteiger partial charge is 0.508 e. The zero-order chi connectivity index (χ0) is 28.1. The van der Waals surface area contributed by atoms with E-state index in [0.29, 0.717) is 11.1 Å². The van der Waals surface area contributed by atoms with Crippen LogP contribution in [-0.4, -0.2) is 56.5 Å². The molecule has 2 aromatic rings. The van der Waals surface area contributed by atoms with Crippen molar-refractivity contribution in [2.45, 2.75) is 25.0 Å². The molecule has 0 aliphatic carbocycles. The Labute approximate surface area is 224 Å². The fraction of sp³-hybridized carbons (Fsp3) is 0.292. The van der Waals surface area contributed by atoms with Crippen LogP contribution in [0.2, 0.25) is 0 Å². The molecule has 0 aromatic heterocycles. The maximum Gasteiger partial charge on any atom is 0.508 e. The second kappa shape index (κ2) is 11.9. The topological polar surface area (TPSA) is 189 Å². The third-order valence-electron chi connectivity index (χ3n) is 5.93. The van der Waals surface area contributed by atoms with Gasteiger partial charge in [0.05, 0.1) is 34.4 Å². The molecule has 1 amide bonds. The summed E-state index contributed by atoms with van der Waals surface area (Å²) in [6.07, 6.45) is -0.815. The molecule has 2 aromatic carbocycles. The van der Waals surface area contributed by atoms with Gasteiger partial charge in [-0.15, -0.1) is 0 Å². The summed E-state index contributed by atoms with van der Waals surface area (Å²) in [5.41, 5.74) is 0.779. The van der Waals surface area contributed by atoms with Crippen molar-refractivity contribution in [1.82, 2.24) is 4.90 Å².